The molecule has 2 heterocycles. The highest BCUT2D eigenvalue weighted by Crippen LogP contribution is 2.33. The number of ketones is 1. The number of amides is 2. The molecule has 1 fully saturated rings. The molecule has 2 aromatic rings. The molecule has 4 rings (SSSR count). The summed E-state index contributed by atoms with van der Waals surface area (Å²) in [5, 5.41) is 3.48. The highest BCUT2D eigenvalue weighted by molar-refractivity contribution is 6.31. The third kappa shape index (κ3) is 6.50. The molecule has 2 amide bonds. The maximum Gasteiger partial charge on any atom is 0.265 e. The van der Waals surface area contributed by atoms with E-state index < -0.39 is 0 Å². The molecule has 0 unspecified atom stereocenters. The number of carbonyl (C=O) groups excluding carboxylic acids is 3. The molecule has 0 spiro atoms. The number of aryl methyl sites for hydroxylation is 1. The third-order valence-corrected chi connectivity index (χ3v) is 6.30. The number of halogens is 1. The first-order valence-electron chi connectivity index (χ1n) is 11.5. The fraction of sp³-hybridized carbons (Fsp3) is 0.400. The molecule has 2 aromatic carbocycles. The molecule has 2 aliphatic heterocycles. The lowest BCUT2D eigenvalue weighted by atomic mass is 10.1. The van der Waals surface area contributed by atoms with E-state index in [4.69, 9.17) is 25.8 Å². The van der Waals surface area contributed by atoms with Crippen LogP contribution >= 0.6 is 11.6 Å². The molecule has 1 saturated heterocycles. The molecule has 0 bridgehead atoms. The summed E-state index contributed by atoms with van der Waals surface area (Å²) in [6.07, 6.45) is 0. The lowest BCUT2D eigenvalue weighted by Crippen LogP contribution is -2.47. The minimum absolute atomic E-state index is 0.156. The summed E-state index contributed by atoms with van der Waals surface area (Å²) in [5.41, 5.74) is 1.59. The Morgan fingerprint density at radius 2 is 1.94 bits per heavy atom. The molecule has 35 heavy (non-hydrogen) atoms. The zero-order chi connectivity index (χ0) is 24.8. The van der Waals surface area contributed by atoms with E-state index in [1.807, 2.05) is 6.92 Å². The molecule has 0 aromatic heterocycles. The molecule has 0 radical (unpaired) electrons. The van der Waals surface area contributed by atoms with Gasteiger partial charge in [-0.3, -0.25) is 24.2 Å². The van der Waals surface area contributed by atoms with Crippen molar-refractivity contribution in [2.24, 2.45) is 0 Å². The average molecular weight is 502 g/mol. The molecule has 0 saturated carbocycles. The number of ether oxygens (including phenoxy) is 3. The smallest absolute Gasteiger partial charge is 0.265 e. The van der Waals surface area contributed by atoms with Crippen LogP contribution in [0.1, 0.15) is 15.9 Å². The zero-order valence-corrected chi connectivity index (χ0v) is 20.3. The first kappa shape index (κ1) is 25.0. The Kier molecular flexibility index (Phi) is 8.22. The van der Waals surface area contributed by atoms with E-state index in [0.717, 1.165) is 18.7 Å². The largest absolute Gasteiger partial charge is 0.485 e. The van der Waals surface area contributed by atoms with Gasteiger partial charge in [0.15, 0.2) is 19.0 Å². The van der Waals surface area contributed by atoms with E-state index in [0.29, 0.717) is 54.1 Å². The van der Waals surface area contributed by atoms with E-state index >= 15 is 0 Å². The lowest BCUT2D eigenvalue weighted by molar-refractivity contribution is -0.125. The van der Waals surface area contributed by atoms with Crippen molar-refractivity contribution in [3.05, 3.63) is 52.5 Å². The minimum atomic E-state index is -0.349. The molecule has 186 valence electrons. The van der Waals surface area contributed by atoms with Gasteiger partial charge in [-0.15, -0.1) is 0 Å². The average Bonchev–Trinajstić information content (AvgIpc) is 2.86. The number of morpholine rings is 1. The second-order valence-corrected chi connectivity index (χ2v) is 8.79. The Balaban J connectivity index is 1.37. The van der Waals surface area contributed by atoms with Crippen molar-refractivity contribution in [1.82, 2.24) is 10.2 Å². The Bertz CT molecular complexity index is 1100. The number of hydrogen-bond acceptors (Lipinski definition) is 7. The maximum atomic E-state index is 12.8. The first-order valence-corrected chi connectivity index (χ1v) is 11.8. The molecule has 2 aliphatic rings. The number of carbonyl (C=O) groups is 3. The summed E-state index contributed by atoms with van der Waals surface area (Å²) in [6, 6.07) is 9.98. The van der Waals surface area contributed by atoms with Gasteiger partial charge in [0.1, 0.15) is 18.0 Å². The van der Waals surface area contributed by atoms with Gasteiger partial charge in [-0.1, -0.05) is 11.6 Å². The molecule has 0 atom stereocenters. The van der Waals surface area contributed by atoms with Crippen LogP contribution in [0, 0.1) is 6.92 Å². The second kappa shape index (κ2) is 11.5. The quantitative estimate of drug-likeness (QED) is 0.525. The van der Waals surface area contributed by atoms with E-state index in [2.05, 4.69) is 10.2 Å². The summed E-state index contributed by atoms with van der Waals surface area (Å²) >= 11 is 6.03. The van der Waals surface area contributed by atoms with Crippen LogP contribution in [0.25, 0.3) is 0 Å². The van der Waals surface area contributed by atoms with Gasteiger partial charge in [0.25, 0.3) is 5.91 Å². The van der Waals surface area contributed by atoms with Crippen molar-refractivity contribution >= 4 is 34.9 Å². The summed E-state index contributed by atoms with van der Waals surface area (Å²) in [4.78, 5) is 41.4. The van der Waals surface area contributed by atoms with Gasteiger partial charge in [0.2, 0.25) is 5.91 Å². The number of nitrogens with zero attached hydrogens (tertiary/aromatic N) is 2. The van der Waals surface area contributed by atoms with E-state index in [1.165, 1.54) is 4.90 Å². The van der Waals surface area contributed by atoms with Crippen molar-refractivity contribution in [1.29, 1.82) is 0 Å². The predicted molar refractivity (Wildman–Crippen MR) is 131 cm³/mol. The number of rotatable bonds is 9. The van der Waals surface area contributed by atoms with Crippen LogP contribution in [0.3, 0.4) is 0 Å². The standard InChI is InChI=1S/C25H28ClN3O6/c1-17-12-19(3-4-20(17)26)34-15-22(30)18-2-5-23-21(13-18)29(25(32)16-35-23)14-24(31)27-6-7-28-8-10-33-11-9-28/h2-5,12-13H,6-11,14-16H2,1H3,(H,27,31). The van der Waals surface area contributed by atoms with Crippen LogP contribution in [-0.4, -0.2) is 81.6 Å². The van der Waals surface area contributed by atoms with Gasteiger partial charge in [0, 0.05) is 36.8 Å². The number of fused-ring (bicyclic) bond motifs is 1. The van der Waals surface area contributed by atoms with Gasteiger partial charge in [-0.25, -0.2) is 0 Å². The number of nitrogens with one attached hydrogen (secondary N) is 1. The predicted octanol–water partition coefficient (Wildman–Crippen LogP) is 2.08. The molecular formula is C25H28ClN3O6. The SMILES string of the molecule is Cc1cc(OCC(=O)c2ccc3c(c2)N(CC(=O)NCCN2CCOCC2)C(=O)CO3)ccc1Cl. The van der Waals surface area contributed by atoms with Crippen molar-refractivity contribution in [2.45, 2.75) is 6.92 Å². The fourth-order valence-corrected chi connectivity index (χ4v) is 3.98. The van der Waals surface area contributed by atoms with Crippen LogP contribution in [0.2, 0.25) is 5.02 Å². The molecular weight excluding hydrogens is 474 g/mol. The van der Waals surface area contributed by atoms with Crippen molar-refractivity contribution < 1.29 is 28.6 Å². The Morgan fingerprint density at radius 1 is 1.14 bits per heavy atom. The molecule has 10 heteroatoms. The Labute approximate surface area is 208 Å². The molecule has 0 aliphatic carbocycles. The van der Waals surface area contributed by atoms with Crippen LogP contribution in [-0.2, 0) is 14.3 Å². The molecule has 9 nitrogen and oxygen atoms in total. The minimum Gasteiger partial charge on any atom is -0.485 e. The monoisotopic (exact) mass is 501 g/mol. The third-order valence-electron chi connectivity index (χ3n) is 5.88. The maximum absolute atomic E-state index is 12.8. The van der Waals surface area contributed by atoms with E-state index in [9.17, 15) is 14.4 Å². The summed E-state index contributed by atoms with van der Waals surface area (Å²) in [5.74, 6) is 0.0768. The number of benzene rings is 2. The number of hydrogen-bond donors (Lipinski definition) is 1. The van der Waals surface area contributed by atoms with Gasteiger partial charge in [0.05, 0.1) is 18.9 Å². The highest BCUT2D eigenvalue weighted by atomic mass is 35.5. The van der Waals surface area contributed by atoms with Crippen LogP contribution in [0.15, 0.2) is 36.4 Å². The summed E-state index contributed by atoms with van der Waals surface area (Å²) < 4.78 is 16.4. The highest BCUT2D eigenvalue weighted by Gasteiger charge is 2.28. The summed E-state index contributed by atoms with van der Waals surface area (Å²) in [7, 11) is 0. The van der Waals surface area contributed by atoms with Crippen LogP contribution in [0.5, 0.6) is 11.5 Å². The normalized spacial score (nSPS) is 15.8. The van der Waals surface area contributed by atoms with Gasteiger partial charge >= 0.3 is 0 Å². The molecule has 1 N–H and O–H groups in total. The lowest BCUT2D eigenvalue weighted by Gasteiger charge is -2.29. The Morgan fingerprint density at radius 3 is 2.71 bits per heavy atom. The van der Waals surface area contributed by atoms with Crippen molar-refractivity contribution in [3.8, 4) is 11.5 Å². The van der Waals surface area contributed by atoms with Crippen molar-refractivity contribution in [3.63, 3.8) is 0 Å². The van der Waals surface area contributed by atoms with E-state index in [1.54, 1.807) is 36.4 Å². The number of anilines is 1. The topological polar surface area (TPSA) is 97.4 Å². The van der Waals surface area contributed by atoms with Gasteiger partial charge < -0.3 is 19.5 Å². The number of Topliss-reactive ketones (excluding diaryl/α,β-unsaturated/α-hetero) is 1. The van der Waals surface area contributed by atoms with Gasteiger partial charge in [-0.05, 0) is 48.9 Å². The van der Waals surface area contributed by atoms with Crippen LogP contribution in [0.4, 0.5) is 5.69 Å². The fourth-order valence-electron chi connectivity index (χ4n) is 3.87. The van der Waals surface area contributed by atoms with Crippen molar-refractivity contribution in [2.75, 3.05) is 64.1 Å². The van der Waals surface area contributed by atoms with E-state index in [-0.39, 0.29) is 37.4 Å². The summed E-state index contributed by atoms with van der Waals surface area (Å²) in [6.45, 7) is 5.60. The second-order valence-electron chi connectivity index (χ2n) is 8.38. The zero-order valence-electron chi connectivity index (χ0n) is 19.5. The van der Waals surface area contributed by atoms with Gasteiger partial charge in [-0.2, -0.15) is 0 Å². The first-order chi connectivity index (χ1) is 16.9. The van der Waals surface area contributed by atoms with Crippen LogP contribution < -0.4 is 19.7 Å². The Hall–Kier alpha value is -3.14.